The molecule has 0 spiro atoms. The topological polar surface area (TPSA) is 17.1 Å². The van der Waals surface area contributed by atoms with Crippen LogP contribution >= 0.6 is 0 Å². The fourth-order valence-corrected chi connectivity index (χ4v) is 3.39. The molecular formula is C18H26O. The lowest BCUT2D eigenvalue weighted by Crippen LogP contribution is -2.11. The van der Waals surface area contributed by atoms with E-state index in [0.717, 1.165) is 18.4 Å². The molecule has 0 radical (unpaired) electrons. The zero-order valence-corrected chi connectivity index (χ0v) is 13.1. The van der Waals surface area contributed by atoms with Crippen molar-refractivity contribution in [1.82, 2.24) is 0 Å². The summed E-state index contributed by atoms with van der Waals surface area (Å²) in [6.07, 6.45) is 1.92. The van der Waals surface area contributed by atoms with Crippen molar-refractivity contribution in [2.75, 3.05) is 0 Å². The predicted octanol–water partition coefficient (Wildman–Crippen LogP) is 4.68. The van der Waals surface area contributed by atoms with Crippen LogP contribution < -0.4 is 0 Å². The van der Waals surface area contributed by atoms with Crippen molar-refractivity contribution in [3.05, 3.63) is 34.9 Å². The Morgan fingerprint density at radius 3 is 2.05 bits per heavy atom. The van der Waals surface area contributed by atoms with Gasteiger partial charge in [-0.15, -0.1) is 0 Å². The summed E-state index contributed by atoms with van der Waals surface area (Å²) in [7, 11) is 0. The van der Waals surface area contributed by atoms with Gasteiger partial charge in [0.15, 0.2) is 5.78 Å². The summed E-state index contributed by atoms with van der Waals surface area (Å²) < 4.78 is 0. The highest BCUT2D eigenvalue weighted by Gasteiger charge is 2.67. The normalized spacial score (nSPS) is 20.3. The molecule has 0 amide bonds. The van der Waals surface area contributed by atoms with Crippen molar-refractivity contribution in [3.63, 3.8) is 0 Å². The maximum Gasteiger partial charge on any atom is 0.167 e. The number of rotatable bonds is 4. The Hall–Kier alpha value is -1.11. The number of carbonyl (C=O) groups excluding carboxylic acids is 1. The van der Waals surface area contributed by atoms with E-state index in [9.17, 15) is 4.79 Å². The Morgan fingerprint density at radius 1 is 1.05 bits per heavy atom. The summed E-state index contributed by atoms with van der Waals surface area (Å²) in [5.74, 6) is 0.513. The first kappa shape index (κ1) is 14.3. The number of aryl methyl sites for hydroxylation is 2. The van der Waals surface area contributed by atoms with E-state index in [0.29, 0.717) is 5.78 Å². The first-order valence-electron chi connectivity index (χ1n) is 7.43. The van der Waals surface area contributed by atoms with Gasteiger partial charge in [0.2, 0.25) is 0 Å². The Morgan fingerprint density at radius 2 is 1.63 bits per heavy atom. The van der Waals surface area contributed by atoms with Gasteiger partial charge in [0.05, 0.1) is 0 Å². The van der Waals surface area contributed by atoms with Gasteiger partial charge in [-0.1, -0.05) is 53.7 Å². The lowest BCUT2D eigenvalue weighted by Gasteiger charge is -2.10. The SMILES string of the molecule is CCc1ccc(CC)c(C(=O)C2C(C)(C)C2(C)C)c1. The van der Waals surface area contributed by atoms with Crippen LogP contribution in [0.2, 0.25) is 0 Å². The van der Waals surface area contributed by atoms with Crippen molar-refractivity contribution in [3.8, 4) is 0 Å². The van der Waals surface area contributed by atoms with Gasteiger partial charge in [0, 0.05) is 11.5 Å². The van der Waals surface area contributed by atoms with Crippen LogP contribution in [-0.2, 0) is 12.8 Å². The van der Waals surface area contributed by atoms with Crippen LogP contribution in [0, 0.1) is 16.7 Å². The fraction of sp³-hybridized carbons (Fsp3) is 0.611. The molecule has 0 atom stereocenters. The monoisotopic (exact) mass is 258 g/mol. The molecule has 1 heteroatoms. The molecule has 1 fully saturated rings. The molecular weight excluding hydrogens is 232 g/mol. The third kappa shape index (κ3) is 2.04. The van der Waals surface area contributed by atoms with Crippen LogP contribution in [-0.4, -0.2) is 5.78 Å². The number of hydrogen-bond donors (Lipinski definition) is 0. The van der Waals surface area contributed by atoms with Crippen LogP contribution in [0.1, 0.15) is 63.0 Å². The van der Waals surface area contributed by atoms with Crippen LogP contribution in [0.4, 0.5) is 0 Å². The van der Waals surface area contributed by atoms with E-state index in [1.807, 2.05) is 0 Å². The van der Waals surface area contributed by atoms with Crippen molar-refractivity contribution in [2.45, 2.75) is 54.4 Å². The fourth-order valence-electron chi connectivity index (χ4n) is 3.39. The summed E-state index contributed by atoms with van der Waals surface area (Å²) >= 11 is 0. The second-order valence-electron chi connectivity index (χ2n) is 6.94. The first-order chi connectivity index (χ1) is 8.77. The quantitative estimate of drug-likeness (QED) is 0.717. The van der Waals surface area contributed by atoms with E-state index in [2.05, 4.69) is 59.7 Å². The highest BCUT2D eigenvalue weighted by atomic mass is 16.1. The molecule has 0 saturated heterocycles. The number of carbonyl (C=O) groups is 1. The lowest BCUT2D eigenvalue weighted by atomic mass is 9.93. The molecule has 0 aromatic heterocycles. The van der Waals surface area contributed by atoms with Gasteiger partial charge in [-0.2, -0.15) is 0 Å². The van der Waals surface area contributed by atoms with E-state index in [1.165, 1.54) is 11.1 Å². The molecule has 0 N–H and O–H groups in total. The Kier molecular flexibility index (Phi) is 3.36. The third-order valence-corrected chi connectivity index (χ3v) is 5.51. The molecule has 2 rings (SSSR count). The molecule has 1 nitrogen and oxygen atoms in total. The molecule has 19 heavy (non-hydrogen) atoms. The van der Waals surface area contributed by atoms with Crippen LogP contribution in [0.15, 0.2) is 18.2 Å². The molecule has 0 bridgehead atoms. The lowest BCUT2D eigenvalue weighted by molar-refractivity contribution is 0.0944. The second kappa shape index (κ2) is 4.47. The molecule has 1 aromatic rings. The summed E-state index contributed by atoms with van der Waals surface area (Å²) in [4.78, 5) is 12.9. The van der Waals surface area contributed by atoms with Crippen molar-refractivity contribution in [1.29, 1.82) is 0 Å². The molecule has 1 saturated carbocycles. The Balaban J connectivity index is 2.40. The number of hydrogen-bond acceptors (Lipinski definition) is 1. The van der Waals surface area contributed by atoms with Crippen LogP contribution in [0.3, 0.4) is 0 Å². The standard InChI is InChI=1S/C18H26O/c1-7-12-9-10-13(8-2)14(11-12)15(19)16-17(3,4)18(16,5)6/h9-11,16H,7-8H2,1-6H3. The predicted molar refractivity (Wildman–Crippen MR) is 80.6 cm³/mol. The van der Waals surface area contributed by atoms with Gasteiger partial charge in [-0.05, 0) is 40.9 Å². The largest absolute Gasteiger partial charge is 0.294 e. The Labute approximate surface area is 117 Å². The summed E-state index contributed by atoms with van der Waals surface area (Å²) in [6, 6.07) is 6.40. The smallest absolute Gasteiger partial charge is 0.167 e. The van der Waals surface area contributed by atoms with Gasteiger partial charge in [0.1, 0.15) is 0 Å². The van der Waals surface area contributed by atoms with Gasteiger partial charge in [0.25, 0.3) is 0 Å². The average Bonchev–Trinajstić information content (AvgIpc) is 2.78. The van der Waals surface area contributed by atoms with Gasteiger partial charge in [-0.3, -0.25) is 4.79 Å². The minimum absolute atomic E-state index is 0.122. The minimum Gasteiger partial charge on any atom is -0.294 e. The number of benzene rings is 1. The summed E-state index contributed by atoms with van der Waals surface area (Å²) in [6.45, 7) is 13.1. The van der Waals surface area contributed by atoms with E-state index in [-0.39, 0.29) is 16.7 Å². The summed E-state index contributed by atoms with van der Waals surface area (Å²) in [5.41, 5.74) is 3.66. The number of Topliss-reactive ketones (excluding diaryl/α,β-unsaturated/α-hetero) is 1. The third-order valence-electron chi connectivity index (χ3n) is 5.51. The van der Waals surface area contributed by atoms with Crippen molar-refractivity contribution in [2.24, 2.45) is 16.7 Å². The molecule has 104 valence electrons. The zero-order valence-electron chi connectivity index (χ0n) is 13.1. The van der Waals surface area contributed by atoms with Gasteiger partial charge >= 0.3 is 0 Å². The highest BCUT2D eigenvalue weighted by Crippen LogP contribution is 2.69. The summed E-state index contributed by atoms with van der Waals surface area (Å²) in [5, 5.41) is 0. The Bertz CT molecular complexity index is 494. The van der Waals surface area contributed by atoms with Crippen molar-refractivity contribution >= 4 is 5.78 Å². The van der Waals surface area contributed by atoms with E-state index >= 15 is 0 Å². The van der Waals surface area contributed by atoms with Crippen LogP contribution in [0.25, 0.3) is 0 Å². The van der Waals surface area contributed by atoms with Crippen molar-refractivity contribution < 1.29 is 4.79 Å². The van der Waals surface area contributed by atoms with E-state index in [4.69, 9.17) is 0 Å². The number of ketones is 1. The van der Waals surface area contributed by atoms with Gasteiger partial charge < -0.3 is 0 Å². The molecule has 0 aliphatic heterocycles. The van der Waals surface area contributed by atoms with Crippen LogP contribution in [0.5, 0.6) is 0 Å². The maximum atomic E-state index is 12.9. The molecule has 1 aliphatic rings. The molecule has 1 aromatic carbocycles. The first-order valence-corrected chi connectivity index (χ1v) is 7.43. The minimum atomic E-state index is 0.122. The van der Waals surface area contributed by atoms with Gasteiger partial charge in [-0.25, -0.2) is 0 Å². The molecule has 1 aliphatic carbocycles. The zero-order chi connectivity index (χ0) is 14.4. The molecule has 0 heterocycles. The van der Waals surface area contributed by atoms with E-state index < -0.39 is 0 Å². The van der Waals surface area contributed by atoms with E-state index in [1.54, 1.807) is 0 Å². The molecule has 0 unspecified atom stereocenters. The second-order valence-corrected chi connectivity index (χ2v) is 6.94. The average molecular weight is 258 g/mol. The highest BCUT2D eigenvalue weighted by molar-refractivity contribution is 6.02. The maximum absolute atomic E-state index is 12.9.